The number of hydrogen-bond acceptors (Lipinski definition) is 2. The summed E-state index contributed by atoms with van der Waals surface area (Å²) in [4.78, 5) is 0. The Bertz CT molecular complexity index is 1310. The van der Waals surface area contributed by atoms with Crippen molar-refractivity contribution in [2.24, 2.45) is 0 Å². The molecule has 2 nitrogen and oxygen atoms in total. The lowest BCUT2D eigenvalue weighted by Gasteiger charge is -2.27. The fourth-order valence-electron chi connectivity index (χ4n) is 6.41. The van der Waals surface area contributed by atoms with Crippen LogP contribution >= 0.6 is 0 Å². The van der Waals surface area contributed by atoms with Crippen LogP contribution in [0.3, 0.4) is 0 Å². The van der Waals surface area contributed by atoms with E-state index in [0.717, 1.165) is 50.0 Å². The molecular weight excluding hydrogens is 500 g/mol. The van der Waals surface area contributed by atoms with E-state index < -0.39 is 0 Å². The molecule has 6 bridgehead atoms. The second-order valence-corrected chi connectivity index (χ2v) is 15.2. The van der Waals surface area contributed by atoms with E-state index in [0.29, 0.717) is 0 Å². The van der Waals surface area contributed by atoms with E-state index in [1.165, 1.54) is 55.6 Å². The Labute approximate surface area is 250 Å². The van der Waals surface area contributed by atoms with Gasteiger partial charge in [0.2, 0.25) is 0 Å². The molecular formula is C39H54O2. The summed E-state index contributed by atoms with van der Waals surface area (Å²) in [6.07, 6.45) is 5.80. The second-order valence-electron chi connectivity index (χ2n) is 15.2. The third-order valence-electron chi connectivity index (χ3n) is 8.99. The predicted octanol–water partition coefficient (Wildman–Crippen LogP) is 9.63. The van der Waals surface area contributed by atoms with Crippen molar-refractivity contribution >= 4 is 0 Å². The van der Waals surface area contributed by atoms with Gasteiger partial charge in [0, 0.05) is 6.42 Å². The Balaban J connectivity index is 2.07. The third kappa shape index (κ3) is 6.68. The van der Waals surface area contributed by atoms with Crippen molar-refractivity contribution in [3.63, 3.8) is 0 Å². The quantitative estimate of drug-likeness (QED) is 0.321. The summed E-state index contributed by atoms with van der Waals surface area (Å²) in [5, 5.41) is 0. The molecule has 0 fully saturated rings. The summed E-state index contributed by atoms with van der Waals surface area (Å²) in [5.74, 6) is 2.06. The number of rotatable bonds is 3. The smallest absolute Gasteiger partial charge is 0.125 e. The molecule has 0 N–H and O–H groups in total. The van der Waals surface area contributed by atoms with Crippen LogP contribution < -0.4 is 9.47 Å². The molecule has 0 aromatic heterocycles. The largest absolute Gasteiger partial charge is 0.496 e. The molecule has 3 aromatic rings. The van der Waals surface area contributed by atoms with E-state index in [4.69, 9.17) is 9.47 Å². The number of aryl methyl sites for hydroxylation is 4. The first-order chi connectivity index (χ1) is 19.1. The normalized spacial score (nSPS) is 14.4. The Morgan fingerprint density at radius 3 is 1.07 bits per heavy atom. The van der Waals surface area contributed by atoms with Crippen molar-refractivity contribution in [3.8, 4) is 11.5 Å². The van der Waals surface area contributed by atoms with E-state index in [1.54, 1.807) is 0 Å². The molecule has 222 valence electrons. The summed E-state index contributed by atoms with van der Waals surface area (Å²) in [6.45, 7) is 23.2. The fourth-order valence-corrected chi connectivity index (χ4v) is 6.41. The average molecular weight is 555 g/mol. The molecule has 0 atom stereocenters. The molecule has 1 aliphatic rings. The fraction of sp³-hybridized carbons (Fsp3) is 0.538. The Morgan fingerprint density at radius 1 is 0.488 bits per heavy atom. The summed E-state index contributed by atoms with van der Waals surface area (Å²) >= 11 is 0. The number of benzene rings is 3. The lowest BCUT2D eigenvalue weighted by atomic mass is 9.79. The molecule has 0 saturated heterocycles. The van der Waals surface area contributed by atoms with Gasteiger partial charge in [-0.25, -0.2) is 0 Å². The zero-order valence-corrected chi connectivity index (χ0v) is 28.0. The molecule has 0 radical (unpaired) electrons. The Hall–Kier alpha value is -2.74. The highest BCUT2D eigenvalue weighted by Crippen LogP contribution is 2.39. The average Bonchev–Trinajstić information content (AvgIpc) is 2.87. The minimum Gasteiger partial charge on any atom is -0.496 e. The minimum absolute atomic E-state index is 0.0393. The van der Waals surface area contributed by atoms with Crippen LogP contribution in [-0.4, -0.2) is 14.2 Å². The third-order valence-corrected chi connectivity index (χ3v) is 8.99. The Kier molecular flexibility index (Phi) is 8.75. The minimum atomic E-state index is 0.0393. The van der Waals surface area contributed by atoms with Gasteiger partial charge in [-0.2, -0.15) is 0 Å². The van der Waals surface area contributed by atoms with Crippen molar-refractivity contribution in [2.75, 3.05) is 14.2 Å². The van der Waals surface area contributed by atoms with E-state index in [9.17, 15) is 0 Å². The predicted molar refractivity (Wildman–Crippen MR) is 176 cm³/mol. The molecule has 4 rings (SSSR count). The van der Waals surface area contributed by atoms with E-state index >= 15 is 0 Å². The van der Waals surface area contributed by atoms with Crippen LogP contribution in [0.15, 0.2) is 36.4 Å². The first kappa shape index (κ1) is 31.2. The van der Waals surface area contributed by atoms with E-state index in [2.05, 4.69) is 106 Å². The van der Waals surface area contributed by atoms with Crippen LogP contribution in [0.4, 0.5) is 0 Å². The first-order valence-corrected chi connectivity index (χ1v) is 15.6. The van der Waals surface area contributed by atoms with Crippen LogP contribution in [-0.2, 0) is 54.8 Å². The maximum atomic E-state index is 6.24. The summed E-state index contributed by atoms with van der Waals surface area (Å²) < 4.78 is 12.5. The highest BCUT2D eigenvalue weighted by Gasteiger charge is 2.25. The zero-order valence-electron chi connectivity index (χ0n) is 28.0. The standard InChI is InChI=1S/C39H54O2/c1-13-34-25-14-16-27-21-32(38(5,6)7)23-29(35(27)40-11)18-30-24-33(39(8,9)10)22-28(36(30)41-12)17-15-26(34)20-31(19-25)37(2,3)4/h19-24H,13-18H2,1-12H3. The monoisotopic (exact) mass is 554 g/mol. The van der Waals surface area contributed by atoms with Crippen LogP contribution in [0.25, 0.3) is 0 Å². The van der Waals surface area contributed by atoms with Crippen LogP contribution in [0.1, 0.15) is 125 Å². The highest BCUT2D eigenvalue weighted by atomic mass is 16.5. The maximum Gasteiger partial charge on any atom is 0.125 e. The van der Waals surface area contributed by atoms with Gasteiger partial charge in [-0.1, -0.05) is 106 Å². The van der Waals surface area contributed by atoms with Crippen LogP contribution in [0, 0.1) is 0 Å². The van der Waals surface area contributed by atoms with Gasteiger partial charge in [-0.3, -0.25) is 0 Å². The van der Waals surface area contributed by atoms with Crippen molar-refractivity contribution in [1.29, 1.82) is 0 Å². The molecule has 0 amide bonds. The van der Waals surface area contributed by atoms with Crippen LogP contribution in [0.5, 0.6) is 11.5 Å². The molecule has 0 aliphatic heterocycles. The molecule has 0 unspecified atom stereocenters. The van der Waals surface area contributed by atoms with E-state index in [-0.39, 0.29) is 16.2 Å². The number of fused-ring (bicyclic) bond motifs is 6. The second kappa shape index (κ2) is 11.5. The number of hydrogen-bond donors (Lipinski definition) is 0. The molecule has 41 heavy (non-hydrogen) atoms. The summed E-state index contributed by atoms with van der Waals surface area (Å²) in [7, 11) is 3.68. The molecule has 0 spiro atoms. The van der Waals surface area contributed by atoms with Crippen molar-refractivity contribution in [1.82, 2.24) is 0 Å². The van der Waals surface area contributed by atoms with Gasteiger partial charge < -0.3 is 9.47 Å². The lowest BCUT2D eigenvalue weighted by Crippen LogP contribution is -2.17. The number of ether oxygens (including phenoxy) is 2. The van der Waals surface area contributed by atoms with Gasteiger partial charge in [0.15, 0.2) is 0 Å². The Morgan fingerprint density at radius 2 is 0.780 bits per heavy atom. The zero-order chi connectivity index (χ0) is 30.3. The van der Waals surface area contributed by atoms with Gasteiger partial charge in [-0.05, 0) is 104 Å². The van der Waals surface area contributed by atoms with Gasteiger partial charge in [0.25, 0.3) is 0 Å². The van der Waals surface area contributed by atoms with Gasteiger partial charge in [0.05, 0.1) is 14.2 Å². The van der Waals surface area contributed by atoms with Crippen molar-refractivity contribution in [3.05, 3.63) is 92.0 Å². The highest BCUT2D eigenvalue weighted by molar-refractivity contribution is 5.54. The molecule has 1 aliphatic carbocycles. The molecule has 0 saturated carbocycles. The van der Waals surface area contributed by atoms with Crippen molar-refractivity contribution in [2.45, 2.75) is 124 Å². The topological polar surface area (TPSA) is 18.5 Å². The van der Waals surface area contributed by atoms with E-state index in [1.807, 2.05) is 14.2 Å². The van der Waals surface area contributed by atoms with Crippen molar-refractivity contribution < 1.29 is 9.47 Å². The van der Waals surface area contributed by atoms with Gasteiger partial charge >= 0.3 is 0 Å². The summed E-state index contributed by atoms with van der Waals surface area (Å²) in [6, 6.07) is 14.6. The molecule has 3 aromatic carbocycles. The number of methoxy groups -OCH3 is 2. The van der Waals surface area contributed by atoms with Crippen LogP contribution in [0.2, 0.25) is 0 Å². The summed E-state index contributed by atoms with van der Waals surface area (Å²) in [5.41, 5.74) is 14.0. The van der Waals surface area contributed by atoms with Gasteiger partial charge in [0.1, 0.15) is 11.5 Å². The molecule has 0 heterocycles. The molecule has 2 heteroatoms. The SMILES string of the molecule is CCc1c2cc(C(C)(C)C)cc1CCc1cc(C(C)(C)C)cc(c1OC)Cc1cc(C(C)(C)C)cc(c1OC)CC2. The first-order valence-electron chi connectivity index (χ1n) is 15.6. The lowest BCUT2D eigenvalue weighted by molar-refractivity contribution is 0.399. The van der Waals surface area contributed by atoms with Gasteiger partial charge in [-0.15, -0.1) is 0 Å². The maximum absolute atomic E-state index is 6.24.